The molecule has 1 heteroatoms. The Hall–Kier alpha value is 0.0900. The van der Waals surface area contributed by atoms with Gasteiger partial charge in [-0.15, -0.1) is 0 Å². The molecule has 0 spiro atoms. The zero-order chi connectivity index (χ0) is 9.22. The Bertz CT molecular complexity index is 262. The minimum atomic E-state index is 0.607. The largest absolute Gasteiger partial charge is 0.175 e. The van der Waals surface area contributed by atoms with Crippen LogP contribution in [0.3, 0.4) is 0 Å². The van der Waals surface area contributed by atoms with E-state index < -0.39 is 0 Å². The van der Waals surface area contributed by atoms with E-state index in [4.69, 9.17) is 0 Å². The summed E-state index contributed by atoms with van der Waals surface area (Å²) < 4.78 is 0. The lowest BCUT2D eigenvalue weighted by molar-refractivity contribution is 0.00384. The fourth-order valence-electron chi connectivity index (χ4n) is 3.26. The molecule has 72 valence electrons. The molecule has 2 fully saturated rings. The number of rotatable bonds is 2. The van der Waals surface area contributed by atoms with E-state index in [0.717, 1.165) is 23.7 Å². The molecule has 2 saturated carbocycles. The molecule has 3 aliphatic carbocycles. The fourth-order valence-corrected chi connectivity index (χ4v) is 3.78. The molecule has 0 aromatic carbocycles. The van der Waals surface area contributed by atoms with Gasteiger partial charge in [0, 0.05) is 5.25 Å². The first-order valence-corrected chi connectivity index (χ1v) is 6.02. The van der Waals surface area contributed by atoms with Gasteiger partial charge in [-0.1, -0.05) is 26.0 Å². The summed E-state index contributed by atoms with van der Waals surface area (Å²) in [4.78, 5) is 0. The molecular weight excluding hydrogens is 176 g/mol. The van der Waals surface area contributed by atoms with Crippen molar-refractivity contribution >= 4 is 12.6 Å². The number of thiol groups is 1. The minimum absolute atomic E-state index is 0.607. The Morgan fingerprint density at radius 1 is 1.54 bits per heavy atom. The van der Waals surface area contributed by atoms with Crippen LogP contribution in [0.1, 0.15) is 26.7 Å². The van der Waals surface area contributed by atoms with Gasteiger partial charge in [0.05, 0.1) is 0 Å². The molecule has 0 N–H and O–H groups in total. The SMILES string of the molecule is CC1C(CC2CC3C=CC32C)[C@@H]1S. The quantitative estimate of drug-likeness (QED) is 0.506. The van der Waals surface area contributed by atoms with E-state index in [1.807, 2.05) is 0 Å². The van der Waals surface area contributed by atoms with Gasteiger partial charge in [0.1, 0.15) is 0 Å². The normalized spacial score (nSPS) is 62.2. The summed E-state index contributed by atoms with van der Waals surface area (Å²) in [6, 6.07) is 0. The minimum Gasteiger partial charge on any atom is -0.175 e. The summed E-state index contributed by atoms with van der Waals surface area (Å²) in [6.07, 6.45) is 7.72. The molecule has 3 aliphatic rings. The molecule has 13 heavy (non-hydrogen) atoms. The van der Waals surface area contributed by atoms with Crippen molar-refractivity contribution in [3.63, 3.8) is 0 Å². The topological polar surface area (TPSA) is 0 Å². The van der Waals surface area contributed by atoms with E-state index in [0.29, 0.717) is 10.7 Å². The molecule has 0 bridgehead atoms. The number of hydrogen-bond donors (Lipinski definition) is 1. The number of fused-ring (bicyclic) bond motifs is 1. The van der Waals surface area contributed by atoms with Crippen LogP contribution in [-0.4, -0.2) is 5.25 Å². The third kappa shape index (κ3) is 0.945. The van der Waals surface area contributed by atoms with Gasteiger partial charge in [0.15, 0.2) is 0 Å². The summed E-state index contributed by atoms with van der Waals surface area (Å²) >= 11 is 4.58. The zero-order valence-electron chi connectivity index (χ0n) is 8.40. The monoisotopic (exact) mass is 194 g/mol. The maximum absolute atomic E-state index is 4.58. The maximum atomic E-state index is 4.58. The predicted molar refractivity (Wildman–Crippen MR) is 58.9 cm³/mol. The van der Waals surface area contributed by atoms with Crippen molar-refractivity contribution in [2.45, 2.75) is 31.9 Å². The van der Waals surface area contributed by atoms with E-state index in [1.165, 1.54) is 12.8 Å². The van der Waals surface area contributed by atoms with Crippen LogP contribution in [0.4, 0.5) is 0 Å². The molecule has 0 aromatic rings. The summed E-state index contributed by atoms with van der Waals surface area (Å²) in [5, 5.41) is 0.715. The Morgan fingerprint density at radius 2 is 2.23 bits per heavy atom. The van der Waals surface area contributed by atoms with Crippen molar-refractivity contribution in [2.24, 2.45) is 29.1 Å². The second-order valence-corrected chi connectivity index (χ2v) is 6.11. The van der Waals surface area contributed by atoms with E-state index in [1.54, 1.807) is 0 Å². The van der Waals surface area contributed by atoms with Crippen LogP contribution in [0.2, 0.25) is 0 Å². The Labute approximate surface area is 86.2 Å². The molecule has 0 radical (unpaired) electrons. The number of allylic oxidation sites excluding steroid dienone is 2. The van der Waals surface area contributed by atoms with Crippen molar-refractivity contribution in [2.75, 3.05) is 0 Å². The fraction of sp³-hybridized carbons (Fsp3) is 0.833. The molecule has 0 heterocycles. The predicted octanol–water partition coefficient (Wildman–Crippen LogP) is 3.15. The van der Waals surface area contributed by atoms with Crippen LogP contribution in [0, 0.1) is 29.1 Å². The lowest BCUT2D eigenvalue weighted by atomic mass is 9.47. The molecule has 6 atom stereocenters. The van der Waals surface area contributed by atoms with Gasteiger partial charge in [0.2, 0.25) is 0 Å². The van der Waals surface area contributed by atoms with Gasteiger partial charge in [-0.05, 0) is 41.9 Å². The lowest BCUT2D eigenvalue weighted by Gasteiger charge is -2.57. The van der Waals surface area contributed by atoms with Gasteiger partial charge in [-0.2, -0.15) is 12.6 Å². The molecule has 3 rings (SSSR count). The first-order valence-electron chi connectivity index (χ1n) is 5.50. The maximum Gasteiger partial charge on any atom is 0.00768 e. The first-order chi connectivity index (χ1) is 6.13. The molecule has 0 nitrogen and oxygen atoms in total. The van der Waals surface area contributed by atoms with Gasteiger partial charge >= 0.3 is 0 Å². The molecule has 0 amide bonds. The van der Waals surface area contributed by atoms with Gasteiger partial charge < -0.3 is 0 Å². The summed E-state index contributed by atoms with van der Waals surface area (Å²) in [5.74, 6) is 3.73. The highest BCUT2D eigenvalue weighted by atomic mass is 32.1. The van der Waals surface area contributed by atoms with Crippen LogP contribution in [0.15, 0.2) is 12.2 Å². The summed E-state index contributed by atoms with van der Waals surface area (Å²) in [6.45, 7) is 4.78. The van der Waals surface area contributed by atoms with Gasteiger partial charge in [-0.3, -0.25) is 0 Å². The highest BCUT2D eigenvalue weighted by molar-refractivity contribution is 7.81. The average Bonchev–Trinajstić information content (AvgIpc) is 2.67. The standard InChI is InChI=1S/C12H18S/c1-7-10(11(7)13)6-9-5-8-3-4-12(8,9)2/h3-4,7-11,13H,5-6H2,1-2H3/t7?,8?,9?,10?,11-,12?/m1/s1. The third-order valence-electron chi connectivity index (χ3n) is 4.97. The van der Waals surface area contributed by atoms with Crippen LogP contribution in [0.25, 0.3) is 0 Å². The zero-order valence-corrected chi connectivity index (χ0v) is 9.30. The highest BCUT2D eigenvalue weighted by Crippen LogP contribution is 2.63. The van der Waals surface area contributed by atoms with Crippen LogP contribution >= 0.6 is 12.6 Å². The van der Waals surface area contributed by atoms with Crippen molar-refractivity contribution in [3.05, 3.63) is 12.2 Å². The van der Waals surface area contributed by atoms with E-state index in [2.05, 4.69) is 38.6 Å². The van der Waals surface area contributed by atoms with E-state index in [9.17, 15) is 0 Å². The Kier molecular flexibility index (Phi) is 1.53. The second kappa shape index (κ2) is 2.36. The molecule has 0 saturated heterocycles. The van der Waals surface area contributed by atoms with E-state index >= 15 is 0 Å². The van der Waals surface area contributed by atoms with Gasteiger partial charge in [0.25, 0.3) is 0 Å². The summed E-state index contributed by atoms with van der Waals surface area (Å²) in [5.41, 5.74) is 0.607. The smallest absolute Gasteiger partial charge is 0.00768 e. The van der Waals surface area contributed by atoms with Crippen LogP contribution < -0.4 is 0 Å². The van der Waals surface area contributed by atoms with Crippen LogP contribution in [-0.2, 0) is 0 Å². The average molecular weight is 194 g/mol. The second-order valence-electron chi connectivity index (χ2n) is 5.51. The number of hydrogen-bond acceptors (Lipinski definition) is 1. The first kappa shape index (κ1) is 8.40. The molecule has 0 aromatic heterocycles. The highest BCUT2D eigenvalue weighted by Gasteiger charge is 2.56. The van der Waals surface area contributed by atoms with E-state index in [-0.39, 0.29) is 0 Å². The molecular formula is C12H18S. The summed E-state index contributed by atoms with van der Waals surface area (Å²) in [7, 11) is 0. The Balaban J connectivity index is 1.61. The molecule has 0 aliphatic heterocycles. The van der Waals surface area contributed by atoms with Crippen molar-refractivity contribution in [3.8, 4) is 0 Å². The Morgan fingerprint density at radius 3 is 2.54 bits per heavy atom. The third-order valence-corrected chi connectivity index (χ3v) is 5.83. The lowest BCUT2D eigenvalue weighted by Crippen LogP contribution is -2.50. The van der Waals surface area contributed by atoms with Crippen molar-refractivity contribution < 1.29 is 0 Å². The van der Waals surface area contributed by atoms with Crippen molar-refractivity contribution in [1.82, 2.24) is 0 Å². The van der Waals surface area contributed by atoms with Crippen LogP contribution in [0.5, 0.6) is 0 Å². The van der Waals surface area contributed by atoms with Crippen molar-refractivity contribution in [1.29, 1.82) is 0 Å². The molecule has 5 unspecified atom stereocenters. The van der Waals surface area contributed by atoms with Gasteiger partial charge in [-0.25, -0.2) is 0 Å².